The molecule has 0 bridgehead atoms. The molecule has 0 aliphatic rings. The number of nitrogens with zero attached hydrogens (tertiary/aromatic N) is 1. The van der Waals surface area contributed by atoms with E-state index in [1.165, 1.54) is 18.2 Å². The first kappa shape index (κ1) is 20.3. The first-order valence-electron chi connectivity index (χ1n) is 7.76. The van der Waals surface area contributed by atoms with Crippen molar-refractivity contribution in [2.24, 2.45) is 5.73 Å². The van der Waals surface area contributed by atoms with Crippen LogP contribution >= 0.6 is 0 Å². The van der Waals surface area contributed by atoms with Gasteiger partial charge in [-0.25, -0.2) is 0 Å². The van der Waals surface area contributed by atoms with E-state index >= 15 is 0 Å². The molecule has 0 aliphatic carbocycles. The average molecular weight is 354 g/mol. The van der Waals surface area contributed by atoms with Crippen molar-refractivity contribution in [3.05, 3.63) is 28.3 Å². The number of nitrogens with two attached hydrogens (primary N) is 1. The number of rotatable bonds is 11. The van der Waals surface area contributed by atoms with Crippen molar-refractivity contribution < 1.29 is 24.4 Å². The Balaban J connectivity index is 2.80. The molecule has 10 nitrogen and oxygen atoms in total. The summed E-state index contributed by atoms with van der Waals surface area (Å²) in [5.74, 6) is -1.53. The van der Waals surface area contributed by atoms with E-state index in [0.717, 1.165) is 0 Å². The third-order valence-corrected chi connectivity index (χ3v) is 3.21. The molecule has 10 heteroatoms. The van der Waals surface area contributed by atoms with Gasteiger partial charge in [-0.1, -0.05) is 0 Å². The molecule has 0 aliphatic heterocycles. The van der Waals surface area contributed by atoms with Gasteiger partial charge in [0.15, 0.2) is 0 Å². The minimum Gasteiger partial charge on any atom is -0.494 e. The number of amides is 1. The van der Waals surface area contributed by atoms with Crippen LogP contribution in [0.1, 0.15) is 19.8 Å². The minimum absolute atomic E-state index is 0.0236. The summed E-state index contributed by atoms with van der Waals surface area (Å²) in [6, 6.07) is 2.93. The van der Waals surface area contributed by atoms with Crippen LogP contribution in [-0.4, -0.2) is 47.6 Å². The second-order valence-corrected chi connectivity index (χ2v) is 5.11. The van der Waals surface area contributed by atoms with Crippen molar-refractivity contribution in [2.75, 3.05) is 25.0 Å². The van der Waals surface area contributed by atoms with Crippen molar-refractivity contribution in [2.45, 2.75) is 25.8 Å². The molecule has 0 aromatic heterocycles. The summed E-state index contributed by atoms with van der Waals surface area (Å²) in [6.07, 6.45) is 0.194. The summed E-state index contributed by atoms with van der Waals surface area (Å²) in [5.41, 5.74) is 4.98. The van der Waals surface area contributed by atoms with E-state index in [4.69, 9.17) is 15.6 Å². The van der Waals surface area contributed by atoms with E-state index in [2.05, 4.69) is 10.6 Å². The Morgan fingerprint density at radius 1 is 1.44 bits per heavy atom. The van der Waals surface area contributed by atoms with E-state index in [0.29, 0.717) is 31.9 Å². The Morgan fingerprint density at radius 2 is 2.16 bits per heavy atom. The highest BCUT2D eigenvalue weighted by molar-refractivity contribution is 5.95. The lowest BCUT2D eigenvalue weighted by atomic mass is 10.1. The highest BCUT2D eigenvalue weighted by Gasteiger charge is 2.23. The molecule has 1 aromatic rings. The number of hydrogen-bond donors (Lipinski definition) is 4. The van der Waals surface area contributed by atoms with Gasteiger partial charge >= 0.3 is 5.97 Å². The number of ether oxygens (including phenoxy) is 1. The fraction of sp³-hybridized carbons (Fsp3) is 0.467. The Morgan fingerprint density at radius 3 is 2.72 bits per heavy atom. The summed E-state index contributed by atoms with van der Waals surface area (Å²) in [7, 11) is 0. The van der Waals surface area contributed by atoms with Gasteiger partial charge in [-0.15, -0.1) is 0 Å². The van der Waals surface area contributed by atoms with Crippen LogP contribution < -0.4 is 21.1 Å². The SMILES string of the molecule is CCOc1ccc(NC(=O)C[C@@H](NCCCN)C(=O)O)c([N+](=O)[O-])c1. The zero-order valence-electron chi connectivity index (χ0n) is 13.9. The fourth-order valence-corrected chi connectivity index (χ4v) is 2.04. The van der Waals surface area contributed by atoms with E-state index in [1.54, 1.807) is 6.92 Å². The van der Waals surface area contributed by atoms with Crippen molar-refractivity contribution in [1.29, 1.82) is 0 Å². The minimum atomic E-state index is -1.19. The normalized spacial score (nSPS) is 11.6. The maximum absolute atomic E-state index is 12.1. The molecule has 1 atom stereocenters. The van der Waals surface area contributed by atoms with Crippen LogP contribution in [-0.2, 0) is 9.59 Å². The van der Waals surface area contributed by atoms with Gasteiger partial charge in [0.1, 0.15) is 17.5 Å². The Bertz CT molecular complexity index is 622. The van der Waals surface area contributed by atoms with E-state index in [1.807, 2.05) is 0 Å². The summed E-state index contributed by atoms with van der Waals surface area (Å²) in [5, 5.41) is 25.4. The molecule has 5 N–H and O–H groups in total. The number of anilines is 1. The first-order chi connectivity index (χ1) is 11.9. The molecule has 1 rings (SSSR count). The zero-order valence-corrected chi connectivity index (χ0v) is 13.9. The number of aliphatic carboxylic acids is 1. The van der Waals surface area contributed by atoms with Crippen LogP contribution in [0.5, 0.6) is 5.75 Å². The molecular weight excluding hydrogens is 332 g/mol. The van der Waals surface area contributed by atoms with Crippen molar-refractivity contribution >= 4 is 23.3 Å². The van der Waals surface area contributed by atoms with Crippen molar-refractivity contribution in [3.8, 4) is 5.75 Å². The van der Waals surface area contributed by atoms with Crippen LogP contribution in [0.25, 0.3) is 0 Å². The quantitative estimate of drug-likeness (QED) is 0.257. The van der Waals surface area contributed by atoms with Crippen LogP contribution in [0.2, 0.25) is 0 Å². The number of nitro benzene ring substituents is 1. The molecule has 0 saturated carbocycles. The summed E-state index contributed by atoms with van der Waals surface area (Å²) >= 11 is 0. The van der Waals surface area contributed by atoms with E-state index in [-0.39, 0.29) is 17.8 Å². The molecule has 1 aromatic carbocycles. The number of carboxylic acids is 1. The number of carbonyl (C=O) groups is 2. The molecule has 1 amide bonds. The largest absolute Gasteiger partial charge is 0.494 e. The molecule has 0 saturated heterocycles. The second-order valence-electron chi connectivity index (χ2n) is 5.11. The summed E-state index contributed by atoms with van der Waals surface area (Å²) in [6.45, 7) is 2.83. The van der Waals surface area contributed by atoms with Crippen LogP contribution in [0.4, 0.5) is 11.4 Å². The number of carboxylic acid groups (broad SMARTS) is 1. The van der Waals surface area contributed by atoms with Gasteiger partial charge in [-0.05, 0) is 38.6 Å². The smallest absolute Gasteiger partial charge is 0.321 e. The maximum Gasteiger partial charge on any atom is 0.321 e. The number of benzene rings is 1. The van der Waals surface area contributed by atoms with Crippen LogP contribution in [0.15, 0.2) is 18.2 Å². The molecule has 0 heterocycles. The Kier molecular flexibility index (Phi) is 8.30. The number of carbonyl (C=O) groups excluding carboxylic acids is 1. The highest BCUT2D eigenvalue weighted by Crippen LogP contribution is 2.29. The van der Waals surface area contributed by atoms with E-state index in [9.17, 15) is 19.7 Å². The molecule has 0 fully saturated rings. The predicted octanol–water partition coefficient (Wildman–Crippen LogP) is 0.714. The van der Waals surface area contributed by atoms with Gasteiger partial charge in [0, 0.05) is 0 Å². The zero-order chi connectivity index (χ0) is 18.8. The molecule has 0 spiro atoms. The van der Waals surface area contributed by atoms with Gasteiger partial charge in [0.2, 0.25) is 5.91 Å². The third kappa shape index (κ3) is 6.73. The third-order valence-electron chi connectivity index (χ3n) is 3.21. The fourth-order valence-electron chi connectivity index (χ4n) is 2.04. The molecule has 25 heavy (non-hydrogen) atoms. The lowest BCUT2D eigenvalue weighted by Crippen LogP contribution is -2.40. The number of nitrogens with one attached hydrogen (secondary N) is 2. The second kappa shape index (κ2) is 10.2. The monoisotopic (exact) mass is 354 g/mol. The first-order valence-corrected chi connectivity index (χ1v) is 7.76. The predicted molar refractivity (Wildman–Crippen MR) is 90.6 cm³/mol. The maximum atomic E-state index is 12.1. The molecule has 0 unspecified atom stereocenters. The van der Waals surface area contributed by atoms with Crippen molar-refractivity contribution in [1.82, 2.24) is 5.32 Å². The topological polar surface area (TPSA) is 157 Å². The molecular formula is C15H22N4O6. The van der Waals surface area contributed by atoms with E-state index < -0.39 is 22.8 Å². The van der Waals surface area contributed by atoms with Gasteiger partial charge in [-0.3, -0.25) is 19.7 Å². The lowest BCUT2D eigenvalue weighted by molar-refractivity contribution is -0.384. The summed E-state index contributed by atoms with van der Waals surface area (Å²) in [4.78, 5) is 33.7. The average Bonchev–Trinajstić information content (AvgIpc) is 2.55. The van der Waals surface area contributed by atoms with Gasteiger partial charge in [0.25, 0.3) is 5.69 Å². The Labute approximate surface area is 144 Å². The highest BCUT2D eigenvalue weighted by atomic mass is 16.6. The summed E-state index contributed by atoms with van der Waals surface area (Å²) < 4.78 is 5.19. The number of nitro groups is 1. The van der Waals surface area contributed by atoms with Crippen molar-refractivity contribution in [3.63, 3.8) is 0 Å². The van der Waals surface area contributed by atoms with Gasteiger partial charge in [-0.2, -0.15) is 0 Å². The van der Waals surface area contributed by atoms with Gasteiger partial charge in [0.05, 0.1) is 24.0 Å². The number of hydrogen-bond acceptors (Lipinski definition) is 7. The Hall–Kier alpha value is -2.72. The lowest BCUT2D eigenvalue weighted by Gasteiger charge is -2.14. The van der Waals surface area contributed by atoms with Crippen LogP contribution in [0.3, 0.4) is 0 Å². The van der Waals surface area contributed by atoms with Gasteiger partial charge < -0.3 is 26.2 Å². The van der Waals surface area contributed by atoms with Crippen LogP contribution in [0, 0.1) is 10.1 Å². The molecule has 0 radical (unpaired) electrons. The standard InChI is InChI=1S/C15H22N4O6/c1-2-25-10-4-5-11(13(8-10)19(23)24)18-14(20)9-12(15(21)22)17-7-3-6-16/h4-5,8,12,17H,2-3,6-7,9,16H2,1H3,(H,18,20)(H,21,22)/t12-/m1/s1. The molecule has 138 valence electrons.